The molecular weight excluding hydrogens is 1720 g/mol. The molecule has 0 heterocycles. The van der Waals surface area contributed by atoms with Gasteiger partial charge in [-0.15, -0.1) is 0 Å². The van der Waals surface area contributed by atoms with Crippen molar-refractivity contribution in [3.63, 3.8) is 0 Å². The summed E-state index contributed by atoms with van der Waals surface area (Å²) in [6, 6.07) is 20.9. The van der Waals surface area contributed by atoms with E-state index >= 15 is 0 Å². The summed E-state index contributed by atoms with van der Waals surface area (Å²) in [6.45, 7) is 0. The zero-order valence-electron chi connectivity index (χ0n) is 46.1. The minimum Gasteiger partial charge on any atom is -0.478 e. The molecule has 496 valence electrons. The first-order valence-corrected chi connectivity index (χ1v) is 20.3. The molecule has 0 saturated heterocycles. The van der Waals surface area contributed by atoms with Crippen molar-refractivity contribution in [2.75, 3.05) is 34.4 Å². The predicted octanol–water partition coefficient (Wildman–Crippen LogP) is -2.62. The maximum Gasteiger partial charge on any atom is 0.337 e. The molecule has 0 atom stereocenters. The molecule has 0 fully saturated rings. The van der Waals surface area contributed by atoms with E-state index in [9.17, 15) is 57.5 Å². The van der Waals surface area contributed by atoms with Crippen molar-refractivity contribution in [1.82, 2.24) is 0 Å². The summed E-state index contributed by atoms with van der Waals surface area (Å²) in [7, 11) is 0. The van der Waals surface area contributed by atoms with E-state index in [0.717, 1.165) is 36.4 Å². The molecule has 0 aromatic heterocycles. The number of carboxylic acids is 12. The van der Waals surface area contributed by atoms with E-state index in [2.05, 4.69) is 0 Å². The summed E-state index contributed by atoms with van der Waals surface area (Å²) in [6.07, 6.45) is 0. The van der Waals surface area contributed by atoms with Crippen molar-refractivity contribution in [1.29, 1.82) is 0 Å². The van der Waals surface area contributed by atoms with Crippen LogP contribution in [0.15, 0.2) is 109 Å². The Kier molecular flexibility index (Phi) is 72.9. The Hall–Kier alpha value is -7.26. The fraction of sp³-hybridized carbons (Fsp3) is 0. The first-order valence-electron chi connectivity index (χ1n) is 20.3. The van der Waals surface area contributed by atoms with Crippen LogP contribution < -0.4 is 34.4 Å². The van der Waals surface area contributed by atoms with Gasteiger partial charge in [0.15, 0.2) is 0 Å². The molecule has 6 rings (SSSR count). The molecule has 6 aromatic carbocycles. The van der Waals surface area contributed by atoms with Gasteiger partial charge in [-0.2, -0.15) is 0 Å². The molecule has 0 unspecified atom stereocenters. The first-order chi connectivity index (χ1) is 36.1. The molecular formula is C48H58N6O32Zr6. The molecule has 40 N–H and O–H groups in total. The third-order valence-electron chi connectivity index (χ3n) is 9.17. The van der Waals surface area contributed by atoms with E-state index in [1.54, 1.807) is 0 Å². The number of anilines is 6. The number of nitrogen functional groups attached to an aromatic ring is 6. The second-order valence-corrected chi connectivity index (χ2v) is 14.5. The average molecular weight is 1780 g/mol. The Balaban J connectivity index is -0.0000000642. The SMILES string of the molecule is Nc1cc(C(=O)O)ccc1C(=O)O.Nc1cc(C(=O)O)ccc1C(=O)O.Nc1cc(C(=O)O)ccc1C(=O)O.Nc1cc(C(=O)O)ccc1C(=O)O.Nc1cc(C(=O)O)ccc1C(=O)O.Nc1cc(C(=O)O)ccc1C(=O)O.O.O.O.O.O.O.O.O.[Zr].[Zr].[Zr].[Zr].[Zr].[Zr]. The van der Waals surface area contributed by atoms with Gasteiger partial charge in [-0.05, 0) is 109 Å². The van der Waals surface area contributed by atoms with Crippen LogP contribution in [0, 0.1) is 0 Å². The molecule has 0 radical (unpaired) electrons. The maximum absolute atomic E-state index is 10.5. The predicted molar refractivity (Wildman–Crippen MR) is 298 cm³/mol. The van der Waals surface area contributed by atoms with Crippen molar-refractivity contribution in [2.24, 2.45) is 0 Å². The average Bonchev–Trinajstić information content (AvgIpc) is 3.34. The molecule has 6 aromatic rings. The number of benzene rings is 6. The van der Waals surface area contributed by atoms with Crippen LogP contribution in [-0.4, -0.2) is 177 Å². The van der Waals surface area contributed by atoms with Crippen molar-refractivity contribution in [3.05, 3.63) is 176 Å². The van der Waals surface area contributed by atoms with Gasteiger partial charge in [0.05, 0.1) is 66.8 Å². The Morgan fingerprint density at radius 1 is 0.185 bits per heavy atom. The summed E-state index contributed by atoms with van der Waals surface area (Å²) in [5, 5.41) is 103. The van der Waals surface area contributed by atoms with Gasteiger partial charge in [0.2, 0.25) is 0 Å². The minimum absolute atomic E-state index is 0. The van der Waals surface area contributed by atoms with E-state index in [1.807, 2.05) is 0 Å². The van der Waals surface area contributed by atoms with E-state index in [1.165, 1.54) is 72.8 Å². The Labute approximate surface area is 629 Å². The summed E-state index contributed by atoms with van der Waals surface area (Å²) >= 11 is 0. The van der Waals surface area contributed by atoms with E-state index in [-0.39, 0.29) is 302 Å². The van der Waals surface area contributed by atoms with Crippen LogP contribution in [0.2, 0.25) is 0 Å². The largest absolute Gasteiger partial charge is 0.478 e. The molecule has 0 aliphatic heterocycles. The van der Waals surface area contributed by atoms with Gasteiger partial charge >= 0.3 is 71.6 Å². The minimum atomic E-state index is -1.17. The van der Waals surface area contributed by atoms with Gasteiger partial charge in [-0.1, -0.05) is 0 Å². The van der Waals surface area contributed by atoms with Crippen LogP contribution in [0.25, 0.3) is 0 Å². The summed E-state index contributed by atoms with van der Waals surface area (Å²) in [5.74, 6) is -13.8. The second-order valence-electron chi connectivity index (χ2n) is 14.5. The fourth-order valence-corrected chi connectivity index (χ4v) is 5.34. The fourth-order valence-electron chi connectivity index (χ4n) is 5.34. The smallest absolute Gasteiger partial charge is 0.337 e. The third-order valence-corrected chi connectivity index (χ3v) is 9.17. The second kappa shape index (κ2) is 56.5. The summed E-state index contributed by atoms with van der Waals surface area (Å²) < 4.78 is 0. The standard InChI is InChI=1S/6C8H7NO4.8H2O.6Zr/c6*9-6-3-4(7(10)11)1-2-5(6)8(12)13;;;;;;;;;;;;;;/h6*1-3H,9H2,(H,10,11)(H,12,13);8*1H2;;;;;;. The van der Waals surface area contributed by atoms with Gasteiger partial charge in [-0.25, -0.2) is 57.5 Å². The molecule has 38 nitrogen and oxygen atoms in total. The molecule has 0 aliphatic carbocycles. The Bertz CT molecular complexity index is 2850. The van der Waals surface area contributed by atoms with Crippen LogP contribution in [0.3, 0.4) is 0 Å². The molecule has 0 spiro atoms. The normalized spacial score (nSPS) is 8.09. The molecule has 44 heteroatoms. The van der Waals surface area contributed by atoms with Crippen molar-refractivity contribution < 1.29 is 320 Å². The van der Waals surface area contributed by atoms with Crippen molar-refractivity contribution in [2.45, 2.75) is 0 Å². The summed E-state index contributed by atoms with van der Waals surface area (Å²) in [4.78, 5) is 125. The van der Waals surface area contributed by atoms with Crippen LogP contribution in [0.1, 0.15) is 124 Å². The van der Waals surface area contributed by atoms with Crippen LogP contribution >= 0.6 is 0 Å². The number of nitrogens with two attached hydrogens (primary N) is 6. The molecule has 0 saturated carbocycles. The summed E-state index contributed by atoms with van der Waals surface area (Å²) in [5.41, 5.74) is 30.9. The molecule has 0 bridgehead atoms. The molecule has 0 amide bonds. The quantitative estimate of drug-likeness (QED) is 0.0558. The maximum atomic E-state index is 10.5. The monoisotopic (exact) mass is 1770 g/mol. The first kappa shape index (κ1) is 119. The van der Waals surface area contributed by atoms with Crippen LogP contribution in [0.4, 0.5) is 34.1 Å². The van der Waals surface area contributed by atoms with Gasteiger partial charge < -0.3 is 139 Å². The van der Waals surface area contributed by atoms with Crippen LogP contribution in [-0.2, 0) is 157 Å². The zero-order valence-corrected chi connectivity index (χ0v) is 60.9. The number of carboxylic acid groups (broad SMARTS) is 12. The Morgan fingerprint density at radius 3 is 0.326 bits per heavy atom. The molecule has 92 heavy (non-hydrogen) atoms. The van der Waals surface area contributed by atoms with Gasteiger partial charge in [0.1, 0.15) is 0 Å². The Morgan fingerprint density at radius 2 is 0.272 bits per heavy atom. The van der Waals surface area contributed by atoms with Crippen molar-refractivity contribution in [3.8, 4) is 0 Å². The number of rotatable bonds is 12. The van der Waals surface area contributed by atoms with E-state index in [4.69, 9.17) is 95.7 Å². The number of hydrogen-bond donors (Lipinski definition) is 18. The number of hydrogen-bond acceptors (Lipinski definition) is 18. The van der Waals surface area contributed by atoms with Crippen molar-refractivity contribution >= 4 is 106 Å². The number of aromatic carboxylic acids is 12. The van der Waals surface area contributed by atoms with E-state index in [0.29, 0.717) is 0 Å². The topological polar surface area (TPSA) is 856 Å². The third kappa shape index (κ3) is 39.2. The van der Waals surface area contributed by atoms with Gasteiger partial charge in [0, 0.05) is 191 Å². The van der Waals surface area contributed by atoms with E-state index < -0.39 is 71.6 Å². The van der Waals surface area contributed by atoms with Gasteiger partial charge in [0.25, 0.3) is 0 Å². The van der Waals surface area contributed by atoms with Crippen LogP contribution in [0.5, 0.6) is 0 Å². The zero-order chi connectivity index (χ0) is 60.0. The van der Waals surface area contributed by atoms with Gasteiger partial charge in [-0.3, -0.25) is 0 Å². The number of carbonyl (C=O) groups is 12. The molecule has 0 aliphatic rings.